The highest BCUT2D eigenvalue weighted by atomic mass is 35.5. The maximum absolute atomic E-state index is 13.2. The van der Waals surface area contributed by atoms with E-state index in [9.17, 15) is 18.8 Å². The quantitative estimate of drug-likeness (QED) is 0.423. The summed E-state index contributed by atoms with van der Waals surface area (Å²) in [7, 11) is 0. The van der Waals surface area contributed by atoms with Gasteiger partial charge in [0.05, 0.1) is 16.3 Å². The molecule has 5 nitrogen and oxygen atoms in total. The van der Waals surface area contributed by atoms with Crippen molar-refractivity contribution in [2.45, 2.75) is 20.0 Å². The lowest BCUT2D eigenvalue weighted by Crippen LogP contribution is -2.30. The van der Waals surface area contributed by atoms with Crippen LogP contribution in [0.1, 0.15) is 38.8 Å². The summed E-state index contributed by atoms with van der Waals surface area (Å²) in [5, 5.41) is 2.50. The van der Waals surface area contributed by atoms with E-state index < -0.39 is 23.8 Å². The van der Waals surface area contributed by atoms with E-state index in [1.807, 2.05) is 6.92 Å². The largest absolute Gasteiger partial charge is 0.449 e. The van der Waals surface area contributed by atoms with Gasteiger partial charge in [0.25, 0.3) is 5.91 Å². The van der Waals surface area contributed by atoms with Crippen molar-refractivity contribution < 1.29 is 23.5 Å². The average molecular weight is 440 g/mol. The normalized spacial score (nSPS) is 11.5. The molecule has 0 fully saturated rings. The summed E-state index contributed by atoms with van der Waals surface area (Å²) >= 11 is 5.90. The van der Waals surface area contributed by atoms with E-state index in [0.717, 1.165) is 17.7 Å². The Kier molecular flexibility index (Phi) is 6.82. The number of esters is 1. The van der Waals surface area contributed by atoms with Gasteiger partial charge in [-0.15, -0.1) is 0 Å². The molecule has 1 atom stereocenters. The zero-order valence-electron chi connectivity index (χ0n) is 16.8. The number of nitrogens with one attached hydrogen (secondary N) is 1. The van der Waals surface area contributed by atoms with Crippen molar-refractivity contribution in [3.63, 3.8) is 0 Å². The number of hydrogen-bond donors (Lipinski definition) is 1. The molecule has 0 aromatic heterocycles. The zero-order valence-corrected chi connectivity index (χ0v) is 17.6. The number of carbonyl (C=O) groups excluding carboxylic acids is 3. The third-order valence-corrected chi connectivity index (χ3v) is 4.86. The van der Waals surface area contributed by atoms with Gasteiger partial charge in [-0.3, -0.25) is 9.59 Å². The van der Waals surface area contributed by atoms with Crippen LogP contribution in [-0.2, 0) is 9.53 Å². The second-order valence-electron chi connectivity index (χ2n) is 6.90. The molecule has 0 aliphatic rings. The minimum absolute atomic E-state index is 0.0147. The molecule has 3 rings (SSSR count). The molecular formula is C24H19ClFNO4. The van der Waals surface area contributed by atoms with Crippen molar-refractivity contribution in [1.82, 2.24) is 0 Å². The van der Waals surface area contributed by atoms with Crippen LogP contribution in [0.5, 0.6) is 0 Å². The molecule has 1 N–H and O–H groups in total. The van der Waals surface area contributed by atoms with Crippen LogP contribution in [0, 0.1) is 12.7 Å². The molecule has 0 bridgehead atoms. The standard InChI is InChI=1S/C24H19ClFNO4/c1-14-7-9-16(10-8-14)22(28)18-5-3-4-6-19(18)24(30)31-15(2)23(29)27-21-12-11-17(26)13-20(21)25/h3-13,15H,1-2H3,(H,27,29). The number of carbonyl (C=O) groups is 3. The molecular weight excluding hydrogens is 421 g/mol. The lowest BCUT2D eigenvalue weighted by molar-refractivity contribution is -0.123. The van der Waals surface area contributed by atoms with Crippen LogP contribution in [0.4, 0.5) is 10.1 Å². The van der Waals surface area contributed by atoms with E-state index in [-0.39, 0.29) is 27.6 Å². The van der Waals surface area contributed by atoms with Crippen LogP contribution in [0.3, 0.4) is 0 Å². The zero-order chi connectivity index (χ0) is 22.5. The highest BCUT2D eigenvalue weighted by molar-refractivity contribution is 6.33. The molecule has 0 heterocycles. The first-order chi connectivity index (χ1) is 14.8. The first-order valence-electron chi connectivity index (χ1n) is 9.43. The Morgan fingerprint density at radius 1 is 0.968 bits per heavy atom. The Balaban J connectivity index is 1.75. The van der Waals surface area contributed by atoms with Crippen LogP contribution < -0.4 is 5.32 Å². The number of ether oxygens (including phenoxy) is 1. The molecule has 0 saturated carbocycles. The second-order valence-corrected chi connectivity index (χ2v) is 7.31. The number of rotatable bonds is 6. The smallest absolute Gasteiger partial charge is 0.339 e. The maximum Gasteiger partial charge on any atom is 0.339 e. The first kappa shape index (κ1) is 22.2. The van der Waals surface area contributed by atoms with Crippen LogP contribution >= 0.6 is 11.6 Å². The fourth-order valence-electron chi connectivity index (χ4n) is 2.82. The number of benzene rings is 3. The molecule has 7 heteroatoms. The van der Waals surface area contributed by atoms with Crippen molar-refractivity contribution in [3.8, 4) is 0 Å². The van der Waals surface area contributed by atoms with Gasteiger partial charge in [-0.25, -0.2) is 9.18 Å². The lowest BCUT2D eigenvalue weighted by atomic mass is 9.98. The fraction of sp³-hybridized carbons (Fsp3) is 0.125. The minimum atomic E-state index is -1.18. The molecule has 31 heavy (non-hydrogen) atoms. The average Bonchev–Trinajstić information content (AvgIpc) is 2.75. The number of ketones is 1. The molecule has 1 amide bonds. The van der Waals surface area contributed by atoms with Crippen molar-refractivity contribution in [2.24, 2.45) is 0 Å². The molecule has 158 valence electrons. The summed E-state index contributed by atoms with van der Waals surface area (Å²) in [4.78, 5) is 38.0. The van der Waals surface area contributed by atoms with E-state index in [4.69, 9.17) is 16.3 Å². The van der Waals surface area contributed by atoms with Gasteiger partial charge in [-0.05, 0) is 38.1 Å². The summed E-state index contributed by atoms with van der Waals surface area (Å²) in [6.07, 6.45) is -1.18. The van der Waals surface area contributed by atoms with Crippen LogP contribution in [-0.4, -0.2) is 23.8 Å². The van der Waals surface area contributed by atoms with Gasteiger partial charge in [0.2, 0.25) is 0 Å². The van der Waals surface area contributed by atoms with Crippen molar-refractivity contribution in [1.29, 1.82) is 0 Å². The van der Waals surface area contributed by atoms with Gasteiger partial charge in [0, 0.05) is 11.1 Å². The molecule has 0 radical (unpaired) electrons. The van der Waals surface area contributed by atoms with Gasteiger partial charge in [0.1, 0.15) is 5.82 Å². The third kappa shape index (κ3) is 5.35. The Morgan fingerprint density at radius 2 is 1.61 bits per heavy atom. The number of aryl methyl sites for hydroxylation is 1. The third-order valence-electron chi connectivity index (χ3n) is 4.55. The van der Waals surface area contributed by atoms with Gasteiger partial charge >= 0.3 is 5.97 Å². The number of amides is 1. The Labute approximate surface area is 183 Å². The fourth-order valence-corrected chi connectivity index (χ4v) is 3.04. The SMILES string of the molecule is Cc1ccc(C(=O)c2ccccc2C(=O)OC(C)C(=O)Nc2ccc(F)cc2Cl)cc1. The predicted molar refractivity (Wildman–Crippen MR) is 116 cm³/mol. The molecule has 3 aromatic rings. The molecule has 0 aliphatic heterocycles. The summed E-state index contributed by atoms with van der Waals surface area (Å²) < 4.78 is 18.4. The molecule has 1 unspecified atom stereocenters. The molecule has 0 saturated heterocycles. The van der Waals surface area contributed by atoms with E-state index in [2.05, 4.69) is 5.32 Å². The van der Waals surface area contributed by atoms with Gasteiger partial charge in [-0.2, -0.15) is 0 Å². The number of hydrogen-bond acceptors (Lipinski definition) is 4. The summed E-state index contributed by atoms with van der Waals surface area (Å²) in [6, 6.07) is 16.7. The Hall–Kier alpha value is -3.51. The van der Waals surface area contributed by atoms with Gasteiger partial charge in [-0.1, -0.05) is 59.6 Å². The topological polar surface area (TPSA) is 72.5 Å². The van der Waals surface area contributed by atoms with Gasteiger partial charge in [0.15, 0.2) is 11.9 Å². The van der Waals surface area contributed by atoms with Crippen LogP contribution in [0.25, 0.3) is 0 Å². The van der Waals surface area contributed by atoms with E-state index in [1.165, 1.54) is 25.1 Å². The maximum atomic E-state index is 13.2. The monoisotopic (exact) mass is 439 g/mol. The number of halogens is 2. The molecule has 0 aliphatic carbocycles. The second kappa shape index (κ2) is 9.53. The lowest BCUT2D eigenvalue weighted by Gasteiger charge is -2.15. The van der Waals surface area contributed by atoms with Crippen LogP contribution in [0.2, 0.25) is 5.02 Å². The highest BCUT2D eigenvalue weighted by Crippen LogP contribution is 2.23. The predicted octanol–water partition coefficient (Wildman–Crippen LogP) is 5.20. The number of anilines is 1. The van der Waals surface area contributed by atoms with E-state index >= 15 is 0 Å². The van der Waals surface area contributed by atoms with E-state index in [1.54, 1.807) is 36.4 Å². The summed E-state index contributed by atoms with van der Waals surface area (Å²) in [5.41, 5.74) is 1.84. The van der Waals surface area contributed by atoms with Crippen LogP contribution in [0.15, 0.2) is 66.7 Å². The molecule has 0 spiro atoms. The van der Waals surface area contributed by atoms with Crippen molar-refractivity contribution in [2.75, 3.05) is 5.32 Å². The molecule has 3 aromatic carbocycles. The summed E-state index contributed by atoms with van der Waals surface area (Å²) in [6.45, 7) is 3.29. The van der Waals surface area contributed by atoms with E-state index in [0.29, 0.717) is 5.56 Å². The van der Waals surface area contributed by atoms with Crippen molar-refractivity contribution >= 4 is 34.9 Å². The first-order valence-corrected chi connectivity index (χ1v) is 9.81. The van der Waals surface area contributed by atoms with Gasteiger partial charge < -0.3 is 10.1 Å². The Bertz CT molecular complexity index is 1140. The minimum Gasteiger partial charge on any atom is -0.449 e. The van der Waals surface area contributed by atoms with Crippen molar-refractivity contribution in [3.05, 3.63) is 99.8 Å². The Morgan fingerprint density at radius 3 is 2.26 bits per heavy atom. The highest BCUT2D eigenvalue weighted by Gasteiger charge is 2.24. The summed E-state index contributed by atoms with van der Waals surface area (Å²) in [5.74, 6) is -2.34.